The third-order valence-electron chi connectivity index (χ3n) is 5.66. The van der Waals surface area contributed by atoms with Crippen molar-refractivity contribution >= 4 is 17.3 Å². The highest BCUT2D eigenvalue weighted by Gasteiger charge is 2.16. The Balaban J connectivity index is 1.39. The van der Waals surface area contributed by atoms with E-state index < -0.39 is 0 Å². The monoisotopic (exact) mass is 411 g/mol. The molecule has 0 saturated heterocycles. The highest BCUT2D eigenvalue weighted by Crippen LogP contribution is 2.30. The molecule has 0 unspecified atom stereocenters. The van der Waals surface area contributed by atoms with E-state index in [1.165, 1.54) is 25.7 Å². The molecule has 3 N–H and O–H groups in total. The molecule has 7 nitrogen and oxygen atoms in total. The normalized spacial score (nSPS) is 13.9. The van der Waals surface area contributed by atoms with Crippen molar-refractivity contribution < 1.29 is 0 Å². The van der Waals surface area contributed by atoms with Gasteiger partial charge in [0.1, 0.15) is 5.82 Å². The highest BCUT2D eigenvalue weighted by molar-refractivity contribution is 5.85. The Bertz CT molecular complexity index is 1230. The van der Waals surface area contributed by atoms with Crippen LogP contribution in [0.15, 0.2) is 66.8 Å². The number of fused-ring (bicyclic) bond motifs is 1. The zero-order chi connectivity index (χ0) is 21.0. The highest BCUT2D eigenvalue weighted by atomic mass is 15.3. The summed E-state index contributed by atoms with van der Waals surface area (Å²) >= 11 is 0. The summed E-state index contributed by atoms with van der Waals surface area (Å²) in [7, 11) is 0. The van der Waals surface area contributed by atoms with Crippen molar-refractivity contribution in [2.45, 2.75) is 32.1 Å². The average Bonchev–Trinajstić information content (AvgIpc) is 3.15. The van der Waals surface area contributed by atoms with Crippen LogP contribution in [0.25, 0.3) is 28.0 Å². The lowest BCUT2D eigenvalue weighted by molar-refractivity contribution is 0.679. The molecule has 31 heavy (non-hydrogen) atoms. The summed E-state index contributed by atoms with van der Waals surface area (Å²) in [4.78, 5) is 13.5. The third kappa shape index (κ3) is 4.12. The van der Waals surface area contributed by atoms with Crippen LogP contribution in [0.5, 0.6) is 0 Å². The number of rotatable bonds is 6. The first-order valence-electron chi connectivity index (χ1n) is 10.7. The zero-order valence-electron chi connectivity index (χ0n) is 17.3. The summed E-state index contributed by atoms with van der Waals surface area (Å²) < 4.78 is 1.72. The standard InChI is InChI=1S/C24H25N7/c25-23-22(24-28-15-19(16-31(24)30-23)18-10-12-26-13-11-18)20-7-4-8-21(29-20)27-14-9-17-5-2-1-3-6-17/h4-5,7-8,10-13,15-16H,1-3,6,9,14H2,(H2,25,30)(H,27,29). The van der Waals surface area contributed by atoms with Crippen LogP contribution in [0.1, 0.15) is 32.1 Å². The van der Waals surface area contributed by atoms with E-state index in [1.54, 1.807) is 22.5 Å². The van der Waals surface area contributed by atoms with Crippen molar-refractivity contribution in [1.82, 2.24) is 24.6 Å². The lowest BCUT2D eigenvalue weighted by Crippen LogP contribution is -2.06. The maximum Gasteiger partial charge on any atom is 0.166 e. The van der Waals surface area contributed by atoms with Gasteiger partial charge in [0.2, 0.25) is 0 Å². The van der Waals surface area contributed by atoms with Crippen LogP contribution in [0, 0.1) is 0 Å². The summed E-state index contributed by atoms with van der Waals surface area (Å²) in [6.45, 7) is 0.875. The van der Waals surface area contributed by atoms with Crippen molar-refractivity contribution in [2.24, 2.45) is 0 Å². The van der Waals surface area contributed by atoms with Gasteiger partial charge in [-0.3, -0.25) is 4.98 Å². The van der Waals surface area contributed by atoms with Crippen LogP contribution in [0.3, 0.4) is 0 Å². The number of nitrogens with one attached hydrogen (secondary N) is 1. The number of nitrogens with zero attached hydrogens (tertiary/aromatic N) is 5. The molecule has 1 aliphatic carbocycles. The van der Waals surface area contributed by atoms with E-state index in [2.05, 4.69) is 26.5 Å². The molecule has 5 rings (SSSR count). The number of hydrogen-bond acceptors (Lipinski definition) is 6. The Morgan fingerprint density at radius 1 is 1.06 bits per heavy atom. The quantitative estimate of drug-likeness (QED) is 0.445. The van der Waals surface area contributed by atoms with Gasteiger partial charge in [-0.25, -0.2) is 14.5 Å². The Kier molecular flexibility index (Phi) is 5.31. The molecular formula is C24H25N7. The number of allylic oxidation sites excluding steroid dienone is 1. The van der Waals surface area contributed by atoms with E-state index in [9.17, 15) is 0 Å². The maximum absolute atomic E-state index is 6.27. The zero-order valence-corrected chi connectivity index (χ0v) is 17.3. The number of pyridine rings is 2. The van der Waals surface area contributed by atoms with Crippen LogP contribution in [-0.4, -0.2) is 31.1 Å². The van der Waals surface area contributed by atoms with Gasteiger partial charge in [-0.2, -0.15) is 0 Å². The minimum Gasteiger partial charge on any atom is -0.382 e. The van der Waals surface area contributed by atoms with E-state index >= 15 is 0 Å². The predicted molar refractivity (Wildman–Crippen MR) is 124 cm³/mol. The lowest BCUT2D eigenvalue weighted by Gasteiger charge is -2.13. The summed E-state index contributed by atoms with van der Waals surface area (Å²) in [6.07, 6.45) is 15.8. The van der Waals surface area contributed by atoms with E-state index in [1.807, 2.05) is 42.7 Å². The Morgan fingerprint density at radius 2 is 1.97 bits per heavy atom. The Hall–Kier alpha value is -3.74. The molecule has 0 atom stereocenters. The summed E-state index contributed by atoms with van der Waals surface area (Å²) in [5.74, 6) is 1.25. The average molecular weight is 412 g/mol. The SMILES string of the molecule is Nc1nn2cc(-c3ccncc3)cnc2c1-c1cccc(NCCC2=CCCCC2)n1. The second-order valence-electron chi connectivity index (χ2n) is 7.80. The molecule has 4 aromatic rings. The molecule has 0 bridgehead atoms. The molecule has 4 aromatic heterocycles. The minimum absolute atomic E-state index is 0.413. The van der Waals surface area contributed by atoms with Crippen LogP contribution in [0.2, 0.25) is 0 Å². The second-order valence-corrected chi connectivity index (χ2v) is 7.80. The van der Waals surface area contributed by atoms with E-state index in [0.717, 1.165) is 41.2 Å². The number of nitrogens with two attached hydrogens (primary N) is 1. The van der Waals surface area contributed by atoms with Crippen molar-refractivity contribution in [2.75, 3.05) is 17.6 Å². The fourth-order valence-electron chi connectivity index (χ4n) is 4.05. The molecular weight excluding hydrogens is 386 g/mol. The molecule has 0 aliphatic heterocycles. The van der Waals surface area contributed by atoms with Crippen LogP contribution < -0.4 is 11.1 Å². The minimum atomic E-state index is 0.413. The Labute approximate surface area is 181 Å². The molecule has 0 spiro atoms. The van der Waals surface area contributed by atoms with Crippen LogP contribution >= 0.6 is 0 Å². The molecule has 0 fully saturated rings. The smallest absolute Gasteiger partial charge is 0.166 e. The molecule has 0 radical (unpaired) electrons. The topological polar surface area (TPSA) is 94.0 Å². The number of hydrogen-bond donors (Lipinski definition) is 2. The molecule has 0 amide bonds. The first-order chi connectivity index (χ1) is 15.3. The second kappa shape index (κ2) is 8.55. The first kappa shape index (κ1) is 19.2. The van der Waals surface area contributed by atoms with Gasteiger partial charge in [-0.1, -0.05) is 17.7 Å². The number of nitrogen functional groups attached to an aromatic ring is 1. The number of aromatic nitrogens is 5. The fourth-order valence-corrected chi connectivity index (χ4v) is 4.05. The van der Waals surface area contributed by atoms with Crippen LogP contribution in [-0.2, 0) is 0 Å². The third-order valence-corrected chi connectivity index (χ3v) is 5.66. The molecule has 0 aromatic carbocycles. The Morgan fingerprint density at radius 3 is 2.81 bits per heavy atom. The molecule has 0 saturated carbocycles. The predicted octanol–water partition coefficient (Wildman–Crippen LogP) is 4.74. The van der Waals surface area contributed by atoms with Gasteiger partial charge in [-0.05, 0) is 61.9 Å². The van der Waals surface area contributed by atoms with Crippen molar-refractivity contribution in [3.63, 3.8) is 0 Å². The van der Waals surface area contributed by atoms with Crippen molar-refractivity contribution in [3.8, 4) is 22.4 Å². The number of anilines is 2. The van der Waals surface area contributed by atoms with Gasteiger partial charge in [0.15, 0.2) is 11.5 Å². The fraction of sp³-hybridized carbons (Fsp3) is 0.250. The van der Waals surface area contributed by atoms with Gasteiger partial charge < -0.3 is 11.1 Å². The van der Waals surface area contributed by atoms with Crippen molar-refractivity contribution in [3.05, 3.63) is 66.8 Å². The molecule has 1 aliphatic rings. The molecule has 156 valence electrons. The summed E-state index contributed by atoms with van der Waals surface area (Å²) in [6, 6.07) is 9.79. The van der Waals surface area contributed by atoms with Gasteiger partial charge in [-0.15, -0.1) is 5.10 Å². The van der Waals surface area contributed by atoms with E-state index in [0.29, 0.717) is 11.5 Å². The van der Waals surface area contributed by atoms with Gasteiger partial charge in [0, 0.05) is 36.9 Å². The first-order valence-corrected chi connectivity index (χ1v) is 10.7. The maximum atomic E-state index is 6.27. The van der Waals surface area contributed by atoms with Crippen LogP contribution in [0.4, 0.5) is 11.6 Å². The lowest BCUT2D eigenvalue weighted by atomic mass is 9.97. The molecule has 4 heterocycles. The van der Waals surface area contributed by atoms with Crippen molar-refractivity contribution in [1.29, 1.82) is 0 Å². The van der Waals surface area contributed by atoms with E-state index in [4.69, 9.17) is 10.7 Å². The summed E-state index contributed by atoms with van der Waals surface area (Å²) in [5.41, 5.74) is 12.0. The largest absolute Gasteiger partial charge is 0.382 e. The van der Waals surface area contributed by atoms with Gasteiger partial charge in [0.05, 0.1) is 11.3 Å². The summed E-state index contributed by atoms with van der Waals surface area (Å²) in [5, 5.41) is 7.92. The van der Waals surface area contributed by atoms with E-state index in [-0.39, 0.29) is 0 Å². The van der Waals surface area contributed by atoms with Gasteiger partial charge >= 0.3 is 0 Å². The van der Waals surface area contributed by atoms with Gasteiger partial charge in [0.25, 0.3) is 0 Å². The molecule has 7 heteroatoms.